The number of fused-ring (bicyclic) bond motifs is 1. The first-order valence-corrected chi connectivity index (χ1v) is 4.87. The lowest BCUT2D eigenvalue weighted by atomic mass is 9.79. The van der Waals surface area contributed by atoms with Crippen LogP contribution in [-0.2, 0) is 14.3 Å². The number of hydrogen-bond donors (Lipinski definition) is 1. The first kappa shape index (κ1) is 10.1. The van der Waals surface area contributed by atoms with Crippen LogP contribution in [0.2, 0.25) is 0 Å². The highest BCUT2D eigenvalue weighted by Gasteiger charge is 2.42. The topological polar surface area (TPSA) is 63.6 Å². The molecule has 0 aromatic heterocycles. The Balaban J connectivity index is 2.21. The number of carboxylic acids is 1. The molecule has 4 nitrogen and oxygen atoms in total. The van der Waals surface area contributed by atoms with Crippen molar-refractivity contribution in [3.8, 4) is 0 Å². The van der Waals surface area contributed by atoms with Crippen molar-refractivity contribution in [2.45, 2.75) is 31.5 Å². The predicted octanol–water partition coefficient (Wildman–Crippen LogP) is 1.06. The van der Waals surface area contributed by atoms with Gasteiger partial charge in [-0.05, 0) is 19.3 Å². The highest BCUT2D eigenvalue weighted by atomic mass is 19.1. The summed E-state index contributed by atoms with van der Waals surface area (Å²) >= 11 is 0. The first-order valence-electron chi connectivity index (χ1n) is 4.87. The SMILES string of the molecule is O=C(O)C1=COC2CCC(F)CC2C1=O. The quantitative estimate of drug-likeness (QED) is 0.663. The highest BCUT2D eigenvalue weighted by Crippen LogP contribution is 2.34. The zero-order valence-electron chi connectivity index (χ0n) is 7.98. The summed E-state index contributed by atoms with van der Waals surface area (Å²) in [4.78, 5) is 22.3. The molecular formula is C10H11FO4. The third kappa shape index (κ3) is 1.73. The molecule has 0 aromatic carbocycles. The van der Waals surface area contributed by atoms with Gasteiger partial charge in [0.15, 0.2) is 5.78 Å². The third-order valence-corrected chi connectivity index (χ3v) is 2.92. The molecule has 82 valence electrons. The smallest absolute Gasteiger partial charge is 0.342 e. The maximum absolute atomic E-state index is 13.1. The summed E-state index contributed by atoms with van der Waals surface area (Å²) in [5.41, 5.74) is -0.370. The van der Waals surface area contributed by atoms with Crippen molar-refractivity contribution in [2.24, 2.45) is 5.92 Å². The Kier molecular flexibility index (Phi) is 2.46. The predicted molar refractivity (Wildman–Crippen MR) is 47.8 cm³/mol. The Morgan fingerprint density at radius 1 is 1.53 bits per heavy atom. The van der Waals surface area contributed by atoms with E-state index in [0.29, 0.717) is 12.8 Å². The summed E-state index contributed by atoms with van der Waals surface area (Å²) in [6.07, 6.45) is 0.559. The van der Waals surface area contributed by atoms with Gasteiger partial charge in [0.05, 0.1) is 5.92 Å². The van der Waals surface area contributed by atoms with Crippen LogP contribution in [0, 0.1) is 5.92 Å². The van der Waals surface area contributed by atoms with Gasteiger partial charge in [-0.3, -0.25) is 4.79 Å². The second-order valence-corrected chi connectivity index (χ2v) is 3.89. The number of ether oxygens (including phenoxy) is 1. The molecule has 1 aliphatic heterocycles. The molecule has 3 unspecified atom stereocenters. The Bertz CT molecular complexity index is 336. The van der Waals surface area contributed by atoms with E-state index in [1.54, 1.807) is 0 Å². The molecule has 1 N–H and O–H groups in total. The van der Waals surface area contributed by atoms with Crippen LogP contribution < -0.4 is 0 Å². The van der Waals surface area contributed by atoms with Gasteiger partial charge in [-0.15, -0.1) is 0 Å². The van der Waals surface area contributed by atoms with E-state index in [1.807, 2.05) is 0 Å². The lowest BCUT2D eigenvalue weighted by molar-refractivity contribution is -0.139. The molecule has 3 atom stereocenters. The van der Waals surface area contributed by atoms with Gasteiger partial charge < -0.3 is 9.84 Å². The summed E-state index contributed by atoms with van der Waals surface area (Å²) in [5, 5.41) is 8.70. The highest BCUT2D eigenvalue weighted by molar-refractivity contribution is 6.17. The molecule has 2 aliphatic rings. The maximum Gasteiger partial charge on any atom is 0.342 e. The molecule has 0 aromatic rings. The number of aliphatic carboxylic acids is 1. The number of carbonyl (C=O) groups is 2. The lowest BCUT2D eigenvalue weighted by Crippen LogP contribution is -2.41. The van der Waals surface area contributed by atoms with E-state index in [2.05, 4.69) is 0 Å². The monoisotopic (exact) mass is 214 g/mol. The molecule has 2 rings (SSSR count). The van der Waals surface area contributed by atoms with Crippen molar-refractivity contribution in [1.82, 2.24) is 0 Å². The van der Waals surface area contributed by atoms with Gasteiger partial charge in [0.2, 0.25) is 0 Å². The molecule has 0 saturated heterocycles. The fraction of sp³-hybridized carbons (Fsp3) is 0.600. The number of halogens is 1. The molecule has 1 fully saturated rings. The molecule has 5 heteroatoms. The van der Waals surface area contributed by atoms with E-state index in [0.717, 1.165) is 6.26 Å². The summed E-state index contributed by atoms with van der Waals surface area (Å²) in [7, 11) is 0. The number of carbonyl (C=O) groups excluding carboxylic acids is 1. The Hall–Kier alpha value is -1.39. The van der Waals surface area contributed by atoms with Crippen LogP contribution in [0.1, 0.15) is 19.3 Å². The summed E-state index contributed by atoms with van der Waals surface area (Å²) < 4.78 is 18.2. The van der Waals surface area contributed by atoms with E-state index in [4.69, 9.17) is 9.84 Å². The number of hydrogen-bond acceptors (Lipinski definition) is 3. The number of ketones is 1. The molecule has 15 heavy (non-hydrogen) atoms. The summed E-state index contributed by atoms with van der Waals surface area (Å²) in [5.74, 6) is -2.43. The van der Waals surface area contributed by atoms with Gasteiger partial charge in [-0.2, -0.15) is 0 Å². The van der Waals surface area contributed by atoms with Gasteiger partial charge in [0.25, 0.3) is 0 Å². The number of Topliss-reactive ketones (excluding diaryl/α,β-unsaturated/α-hetero) is 1. The van der Waals surface area contributed by atoms with E-state index < -0.39 is 23.8 Å². The van der Waals surface area contributed by atoms with Crippen LogP contribution in [0.25, 0.3) is 0 Å². The van der Waals surface area contributed by atoms with Crippen LogP contribution in [-0.4, -0.2) is 29.1 Å². The zero-order valence-corrected chi connectivity index (χ0v) is 7.98. The van der Waals surface area contributed by atoms with Crippen molar-refractivity contribution in [3.63, 3.8) is 0 Å². The van der Waals surface area contributed by atoms with Crippen molar-refractivity contribution < 1.29 is 23.8 Å². The molecule has 1 heterocycles. The normalized spacial score (nSPS) is 35.1. The first-order chi connectivity index (χ1) is 7.09. The average Bonchev–Trinajstić information content (AvgIpc) is 2.19. The minimum atomic E-state index is -1.31. The maximum atomic E-state index is 13.1. The van der Waals surface area contributed by atoms with Gasteiger partial charge in [-0.25, -0.2) is 9.18 Å². The number of rotatable bonds is 1. The minimum absolute atomic E-state index is 0.0775. The second kappa shape index (κ2) is 3.64. The van der Waals surface area contributed by atoms with E-state index in [9.17, 15) is 14.0 Å². The van der Waals surface area contributed by atoms with Crippen LogP contribution in [0.5, 0.6) is 0 Å². The molecule has 0 bridgehead atoms. The van der Waals surface area contributed by atoms with E-state index in [1.165, 1.54) is 0 Å². The van der Waals surface area contributed by atoms with Crippen molar-refractivity contribution in [2.75, 3.05) is 0 Å². The van der Waals surface area contributed by atoms with E-state index >= 15 is 0 Å². The Morgan fingerprint density at radius 3 is 2.93 bits per heavy atom. The molecule has 1 saturated carbocycles. The number of carboxylic acid groups (broad SMARTS) is 1. The zero-order chi connectivity index (χ0) is 11.0. The van der Waals surface area contributed by atoms with Crippen LogP contribution in [0.15, 0.2) is 11.8 Å². The van der Waals surface area contributed by atoms with Gasteiger partial charge in [-0.1, -0.05) is 0 Å². The van der Waals surface area contributed by atoms with Gasteiger partial charge in [0, 0.05) is 0 Å². The van der Waals surface area contributed by atoms with Crippen LogP contribution in [0.3, 0.4) is 0 Å². The molecule has 1 aliphatic carbocycles. The average molecular weight is 214 g/mol. The molecule has 0 spiro atoms. The van der Waals surface area contributed by atoms with Crippen LogP contribution >= 0.6 is 0 Å². The minimum Gasteiger partial charge on any atom is -0.496 e. The third-order valence-electron chi connectivity index (χ3n) is 2.92. The summed E-state index contributed by atoms with van der Waals surface area (Å²) in [6, 6.07) is 0. The van der Waals surface area contributed by atoms with Crippen LogP contribution in [0.4, 0.5) is 4.39 Å². The van der Waals surface area contributed by atoms with Crippen molar-refractivity contribution in [3.05, 3.63) is 11.8 Å². The largest absolute Gasteiger partial charge is 0.496 e. The Morgan fingerprint density at radius 2 is 2.27 bits per heavy atom. The number of alkyl halides is 1. The standard InChI is InChI=1S/C10H11FO4/c11-5-1-2-8-6(3-5)9(12)7(4-15-8)10(13)14/h4-6,8H,1-3H2,(H,13,14). The van der Waals surface area contributed by atoms with Gasteiger partial charge in [0.1, 0.15) is 24.1 Å². The van der Waals surface area contributed by atoms with E-state index in [-0.39, 0.29) is 18.1 Å². The summed E-state index contributed by atoms with van der Waals surface area (Å²) in [6.45, 7) is 0. The van der Waals surface area contributed by atoms with Gasteiger partial charge >= 0.3 is 5.97 Å². The second-order valence-electron chi connectivity index (χ2n) is 3.89. The van der Waals surface area contributed by atoms with Crippen molar-refractivity contribution >= 4 is 11.8 Å². The van der Waals surface area contributed by atoms with Crippen molar-refractivity contribution in [1.29, 1.82) is 0 Å². The fourth-order valence-electron chi connectivity index (χ4n) is 2.10. The fourth-order valence-corrected chi connectivity index (χ4v) is 2.10. The molecule has 0 amide bonds. The lowest BCUT2D eigenvalue weighted by Gasteiger charge is -2.34. The molecule has 0 radical (unpaired) electrons. The Labute approximate surface area is 85.7 Å². The molecular weight excluding hydrogens is 203 g/mol.